The molecule has 64 heavy (non-hydrogen) atoms. The Balaban J connectivity index is 0.940. The summed E-state index contributed by atoms with van der Waals surface area (Å²) in [6.07, 6.45) is 0. The molecular weight excluding hydrogens is 781 g/mol. The highest BCUT2D eigenvalue weighted by Crippen LogP contribution is 2.62. The topological polar surface area (TPSA) is 40.0 Å². The third kappa shape index (κ3) is 6.40. The van der Waals surface area contributed by atoms with Gasteiger partial charge in [0.05, 0.1) is 22.3 Å². The van der Waals surface area contributed by atoms with Gasteiger partial charge in [0.25, 0.3) is 0 Å². The van der Waals surface area contributed by atoms with Gasteiger partial charge < -0.3 is 14.0 Å². The van der Waals surface area contributed by atoms with Gasteiger partial charge in [-0.15, -0.1) is 0 Å². The van der Waals surface area contributed by atoms with Gasteiger partial charge in [-0.1, -0.05) is 171 Å². The third-order valence-corrected chi connectivity index (χ3v) is 14.3. The average Bonchev–Trinajstić information content (AvgIpc) is 3.73. The highest BCUT2D eigenvalue weighted by molar-refractivity contribution is 6.62. The van der Waals surface area contributed by atoms with Crippen LogP contribution in [0.1, 0.15) is 86.4 Å². The van der Waals surface area contributed by atoms with Crippen LogP contribution in [0.3, 0.4) is 0 Å². The number of fused-ring (bicyclic) bond motifs is 9. The first-order valence-electron chi connectivity index (χ1n) is 22.4. The minimum Gasteiger partial charge on any atom is -0.457 e. The lowest BCUT2D eigenvalue weighted by atomic mass is 9.64. The Hall–Kier alpha value is -6.79. The van der Waals surface area contributed by atoms with E-state index in [9.17, 15) is 0 Å². The molecule has 2 heterocycles. The highest BCUT2D eigenvalue weighted by Gasteiger charge is 2.54. The second kappa shape index (κ2) is 15.2. The summed E-state index contributed by atoms with van der Waals surface area (Å²) in [6.45, 7) is 12.8. The van der Waals surface area contributed by atoms with Crippen molar-refractivity contribution in [2.45, 2.75) is 64.1 Å². The molecule has 1 saturated heterocycles. The molecule has 0 radical (unpaired) electrons. The van der Waals surface area contributed by atoms with E-state index in [0.29, 0.717) is 0 Å². The van der Waals surface area contributed by atoms with Crippen LogP contribution in [0.2, 0.25) is 0 Å². The van der Waals surface area contributed by atoms with Crippen LogP contribution in [0.5, 0.6) is 11.5 Å². The largest absolute Gasteiger partial charge is 0.494 e. The van der Waals surface area contributed by atoms with Crippen LogP contribution in [0.4, 0.5) is 5.69 Å². The molecule has 3 aliphatic rings. The first-order chi connectivity index (χ1) is 31.0. The summed E-state index contributed by atoms with van der Waals surface area (Å²) in [5.41, 5.74) is 16.9. The average molecular weight is 832 g/mol. The highest BCUT2D eigenvalue weighted by atomic mass is 16.7. The van der Waals surface area contributed by atoms with Crippen molar-refractivity contribution in [3.8, 4) is 44.9 Å². The van der Waals surface area contributed by atoms with Crippen LogP contribution in [0.25, 0.3) is 33.4 Å². The number of hydrogen-bond acceptors (Lipinski definition) is 4. The van der Waals surface area contributed by atoms with E-state index in [0.717, 1.165) is 56.2 Å². The van der Waals surface area contributed by atoms with Crippen molar-refractivity contribution >= 4 is 24.0 Å². The summed E-state index contributed by atoms with van der Waals surface area (Å²) >= 11 is 0. The van der Waals surface area contributed by atoms with Gasteiger partial charge in [-0.05, 0) is 126 Å². The lowest BCUT2D eigenvalue weighted by Crippen LogP contribution is -2.41. The summed E-state index contributed by atoms with van der Waals surface area (Å²) in [4.78, 5) is 5.08. The molecule has 8 aromatic rings. The van der Waals surface area contributed by atoms with Crippen LogP contribution in [-0.2, 0) is 14.7 Å². The van der Waals surface area contributed by atoms with Gasteiger partial charge in [-0.25, -0.2) is 0 Å². The predicted octanol–water partition coefficient (Wildman–Crippen LogP) is 14.1. The van der Waals surface area contributed by atoms with Crippen LogP contribution >= 0.6 is 0 Å². The molecule has 0 saturated carbocycles. The molecular formula is C59H50BNO3. The number of rotatable bonds is 7. The molecule has 1 aliphatic carbocycles. The lowest BCUT2D eigenvalue weighted by molar-refractivity contribution is 0.00578. The van der Waals surface area contributed by atoms with Crippen LogP contribution < -0.4 is 10.2 Å². The summed E-state index contributed by atoms with van der Waals surface area (Å²) in [6, 6.07) is 67.7. The van der Waals surface area contributed by atoms with E-state index in [4.69, 9.17) is 19.0 Å². The molecule has 0 aromatic heterocycles. The van der Waals surface area contributed by atoms with Crippen molar-refractivity contribution < 1.29 is 14.0 Å². The van der Waals surface area contributed by atoms with Gasteiger partial charge in [0.15, 0.2) is 0 Å². The normalized spacial score (nSPS) is 16.7. The lowest BCUT2D eigenvalue weighted by Gasteiger charge is -2.39. The van der Waals surface area contributed by atoms with Crippen molar-refractivity contribution in [3.05, 3.63) is 227 Å². The second-order valence-corrected chi connectivity index (χ2v) is 18.5. The Morgan fingerprint density at radius 1 is 0.500 bits per heavy atom. The Morgan fingerprint density at radius 3 is 1.64 bits per heavy atom. The van der Waals surface area contributed by atoms with Gasteiger partial charge in [-0.3, -0.25) is 4.99 Å². The molecule has 0 amide bonds. The van der Waals surface area contributed by atoms with Crippen LogP contribution in [0, 0.1) is 0 Å². The first-order valence-corrected chi connectivity index (χ1v) is 22.4. The molecule has 0 N–H and O–H groups in total. The van der Waals surface area contributed by atoms with Gasteiger partial charge in [0.2, 0.25) is 0 Å². The molecule has 2 aliphatic heterocycles. The summed E-state index contributed by atoms with van der Waals surface area (Å²) in [5, 5.41) is 0. The molecule has 1 atom stereocenters. The standard InChI is InChI=1S/C59H50BNO3/c1-38(47-18-10-13-21-54(47)61-39(2)41-16-8-7-9-17-41)40-24-26-42(27-25-40)43-28-30-44(31-29-43)45-32-34-48-49-35-33-46(60-63-57(3,4)58(5,6)64-60)37-53(49)59(52(48)36-45)50-19-11-14-22-55(50)62-56-23-15-12-20-51(56)59/h7-38H,1-6H3/b61-39+/t38-/m0/s1. The number of hydrogen-bond donors (Lipinski definition) is 0. The molecule has 4 nitrogen and oxygen atoms in total. The van der Waals surface area contributed by atoms with Gasteiger partial charge >= 0.3 is 7.12 Å². The number of para-hydroxylation sites is 3. The minimum atomic E-state index is -0.627. The molecule has 8 aromatic carbocycles. The van der Waals surface area contributed by atoms with Crippen LogP contribution in [-0.4, -0.2) is 24.0 Å². The van der Waals surface area contributed by atoms with E-state index in [2.05, 4.69) is 224 Å². The van der Waals surface area contributed by atoms with Crippen LogP contribution in [0.15, 0.2) is 193 Å². The zero-order chi connectivity index (χ0) is 43.8. The van der Waals surface area contributed by atoms with Crippen molar-refractivity contribution in [2.24, 2.45) is 4.99 Å². The summed E-state index contributed by atoms with van der Waals surface area (Å²) in [5.74, 6) is 1.92. The molecule has 11 rings (SSSR count). The second-order valence-electron chi connectivity index (χ2n) is 18.5. The van der Waals surface area contributed by atoms with Crippen molar-refractivity contribution in [1.82, 2.24) is 0 Å². The van der Waals surface area contributed by atoms with Crippen molar-refractivity contribution in [2.75, 3.05) is 0 Å². The fourth-order valence-electron chi connectivity index (χ4n) is 10.1. The summed E-state index contributed by atoms with van der Waals surface area (Å²) < 4.78 is 19.9. The Morgan fingerprint density at radius 2 is 1.00 bits per heavy atom. The van der Waals surface area contributed by atoms with Crippen molar-refractivity contribution in [1.29, 1.82) is 0 Å². The number of nitrogens with zero attached hydrogens (tertiary/aromatic N) is 1. The van der Waals surface area contributed by atoms with E-state index < -0.39 is 23.7 Å². The van der Waals surface area contributed by atoms with E-state index in [1.165, 1.54) is 44.5 Å². The Kier molecular flexibility index (Phi) is 9.50. The zero-order valence-electron chi connectivity index (χ0n) is 37.2. The smallest absolute Gasteiger partial charge is 0.457 e. The minimum absolute atomic E-state index is 0.180. The molecule has 1 spiro atoms. The Labute approximate surface area is 377 Å². The summed E-state index contributed by atoms with van der Waals surface area (Å²) in [7, 11) is -0.485. The predicted molar refractivity (Wildman–Crippen MR) is 263 cm³/mol. The van der Waals surface area contributed by atoms with Gasteiger partial charge in [-0.2, -0.15) is 0 Å². The van der Waals surface area contributed by atoms with E-state index in [1.54, 1.807) is 0 Å². The van der Waals surface area contributed by atoms with E-state index in [1.807, 2.05) is 6.07 Å². The monoisotopic (exact) mass is 831 g/mol. The number of benzene rings is 8. The molecule has 312 valence electrons. The first kappa shape index (κ1) is 40.0. The van der Waals surface area contributed by atoms with E-state index >= 15 is 0 Å². The van der Waals surface area contributed by atoms with Gasteiger partial charge in [0, 0.05) is 22.8 Å². The maximum atomic E-state index is 6.67. The maximum absolute atomic E-state index is 6.67. The number of aliphatic imine (C=N–C) groups is 1. The molecule has 0 unspecified atom stereocenters. The van der Waals surface area contributed by atoms with Crippen molar-refractivity contribution in [3.63, 3.8) is 0 Å². The fraction of sp³-hybridized carbons (Fsp3) is 0.169. The maximum Gasteiger partial charge on any atom is 0.494 e. The van der Waals surface area contributed by atoms with E-state index in [-0.39, 0.29) is 5.92 Å². The quantitative estimate of drug-likeness (QED) is 0.119. The molecule has 5 heteroatoms. The third-order valence-electron chi connectivity index (χ3n) is 14.3. The van der Waals surface area contributed by atoms with Gasteiger partial charge in [0.1, 0.15) is 11.5 Å². The molecule has 1 fully saturated rings. The molecule has 0 bridgehead atoms. The fourth-order valence-corrected chi connectivity index (χ4v) is 10.1. The Bertz CT molecular complexity index is 3050. The SMILES string of the molecule is C/C(=N\c1ccccc1[C@@H](C)c1ccc(-c2ccc(-c3ccc4c(c3)C3(c5ccccc5Oc5ccccc53)c3cc(B5OC(C)(C)C(C)(C)O5)ccc3-4)cc2)cc1)c1ccccc1. The number of ether oxygens (including phenoxy) is 1. The zero-order valence-corrected chi connectivity index (χ0v) is 37.2.